The zero-order chi connectivity index (χ0) is 16.8. The molecule has 3 heterocycles. The van der Waals surface area contributed by atoms with Gasteiger partial charge in [-0.05, 0) is 13.3 Å². The van der Waals surface area contributed by atoms with Gasteiger partial charge in [0.25, 0.3) is 0 Å². The van der Waals surface area contributed by atoms with Crippen LogP contribution in [-0.2, 0) is 24.1 Å². The molecule has 2 aromatic rings. The van der Waals surface area contributed by atoms with Gasteiger partial charge in [-0.2, -0.15) is 4.98 Å². The van der Waals surface area contributed by atoms with Crippen molar-refractivity contribution in [1.82, 2.24) is 24.7 Å². The smallest absolute Gasteiger partial charge is 0.227 e. The lowest BCUT2D eigenvalue weighted by Gasteiger charge is -2.27. The van der Waals surface area contributed by atoms with Crippen LogP contribution in [0, 0.1) is 0 Å². The van der Waals surface area contributed by atoms with E-state index in [4.69, 9.17) is 4.74 Å². The molecule has 0 amide bonds. The Hall–Kier alpha value is -2.22. The summed E-state index contributed by atoms with van der Waals surface area (Å²) < 4.78 is 7.46. The highest BCUT2D eigenvalue weighted by atomic mass is 16.5. The van der Waals surface area contributed by atoms with Crippen molar-refractivity contribution < 1.29 is 4.74 Å². The maximum atomic E-state index is 5.41. The van der Waals surface area contributed by atoms with E-state index >= 15 is 0 Å². The second-order valence-electron chi connectivity index (χ2n) is 5.71. The van der Waals surface area contributed by atoms with Crippen LogP contribution in [0.3, 0.4) is 0 Å². The highest BCUT2D eigenvalue weighted by Gasteiger charge is 2.15. The molecule has 1 saturated heterocycles. The molecule has 1 aliphatic heterocycles. The van der Waals surface area contributed by atoms with E-state index in [0.29, 0.717) is 0 Å². The number of anilines is 2. The summed E-state index contributed by atoms with van der Waals surface area (Å²) in [7, 11) is 0. The van der Waals surface area contributed by atoms with Gasteiger partial charge in [-0.1, -0.05) is 6.92 Å². The normalized spacial score (nSPS) is 14.8. The van der Waals surface area contributed by atoms with E-state index in [-0.39, 0.29) is 0 Å². The molecular formula is C16H25N7O. The van der Waals surface area contributed by atoms with Crippen LogP contribution in [0.4, 0.5) is 11.8 Å². The second-order valence-corrected chi connectivity index (χ2v) is 5.71. The van der Waals surface area contributed by atoms with Crippen molar-refractivity contribution in [2.24, 2.45) is 0 Å². The third-order valence-electron chi connectivity index (χ3n) is 4.11. The quantitative estimate of drug-likeness (QED) is 0.815. The number of nitrogens with one attached hydrogen (secondary N) is 1. The Balaban J connectivity index is 1.65. The largest absolute Gasteiger partial charge is 0.378 e. The van der Waals surface area contributed by atoms with Gasteiger partial charge in [-0.3, -0.25) is 0 Å². The van der Waals surface area contributed by atoms with Gasteiger partial charge in [0.05, 0.1) is 13.2 Å². The van der Waals surface area contributed by atoms with Crippen molar-refractivity contribution >= 4 is 11.8 Å². The Morgan fingerprint density at radius 3 is 2.79 bits per heavy atom. The number of aryl methyl sites for hydroxylation is 2. The zero-order valence-electron chi connectivity index (χ0n) is 14.4. The van der Waals surface area contributed by atoms with Gasteiger partial charge >= 0.3 is 0 Å². The summed E-state index contributed by atoms with van der Waals surface area (Å²) in [6, 6.07) is 2.02. The number of aromatic nitrogens is 5. The summed E-state index contributed by atoms with van der Waals surface area (Å²) in [5.41, 5.74) is 1.05. The molecule has 0 radical (unpaired) electrons. The Bertz CT molecular complexity index is 652. The van der Waals surface area contributed by atoms with E-state index in [9.17, 15) is 0 Å². The molecule has 0 saturated carbocycles. The third-order valence-corrected chi connectivity index (χ3v) is 4.11. The molecule has 2 aromatic heterocycles. The van der Waals surface area contributed by atoms with Crippen LogP contribution in [-0.4, -0.2) is 57.6 Å². The fourth-order valence-corrected chi connectivity index (χ4v) is 2.70. The summed E-state index contributed by atoms with van der Waals surface area (Å²) in [4.78, 5) is 11.5. The van der Waals surface area contributed by atoms with Crippen molar-refractivity contribution in [3.63, 3.8) is 0 Å². The SMILES string of the molecule is CCc1cc(NCCc2nncn2CC)nc(N2CCOCC2)n1. The Labute approximate surface area is 142 Å². The molecule has 0 aliphatic carbocycles. The van der Waals surface area contributed by atoms with Crippen LogP contribution in [0.1, 0.15) is 25.4 Å². The van der Waals surface area contributed by atoms with E-state index in [2.05, 4.69) is 48.8 Å². The first kappa shape index (κ1) is 16.6. The maximum absolute atomic E-state index is 5.41. The number of morpholine rings is 1. The average Bonchev–Trinajstić information content (AvgIpc) is 3.09. The second kappa shape index (κ2) is 8.05. The summed E-state index contributed by atoms with van der Waals surface area (Å²) >= 11 is 0. The van der Waals surface area contributed by atoms with Gasteiger partial charge in [0.15, 0.2) is 0 Å². The molecule has 1 N–H and O–H groups in total. The van der Waals surface area contributed by atoms with Crippen molar-refractivity contribution in [1.29, 1.82) is 0 Å². The monoisotopic (exact) mass is 331 g/mol. The van der Waals surface area contributed by atoms with Crippen LogP contribution < -0.4 is 10.2 Å². The Kier molecular flexibility index (Phi) is 5.58. The predicted molar refractivity (Wildman–Crippen MR) is 92.3 cm³/mol. The van der Waals surface area contributed by atoms with Crippen molar-refractivity contribution in [3.05, 3.63) is 23.9 Å². The summed E-state index contributed by atoms with van der Waals surface area (Å²) in [6.07, 6.45) is 3.47. The van der Waals surface area contributed by atoms with E-state index in [1.165, 1.54) is 0 Å². The van der Waals surface area contributed by atoms with Gasteiger partial charge in [0, 0.05) is 44.4 Å². The summed E-state index contributed by atoms with van der Waals surface area (Å²) in [5.74, 6) is 2.64. The predicted octanol–water partition coefficient (Wildman–Crippen LogP) is 1.14. The van der Waals surface area contributed by atoms with E-state index < -0.39 is 0 Å². The van der Waals surface area contributed by atoms with Gasteiger partial charge in [0.1, 0.15) is 18.0 Å². The van der Waals surface area contributed by atoms with Crippen LogP contribution in [0.25, 0.3) is 0 Å². The van der Waals surface area contributed by atoms with Gasteiger partial charge in [0.2, 0.25) is 5.95 Å². The van der Waals surface area contributed by atoms with E-state index in [0.717, 1.165) is 75.5 Å². The fraction of sp³-hybridized carbons (Fsp3) is 0.625. The highest BCUT2D eigenvalue weighted by molar-refractivity contribution is 5.44. The molecule has 8 heteroatoms. The first-order chi connectivity index (χ1) is 11.8. The van der Waals surface area contributed by atoms with E-state index in [1.807, 2.05) is 6.07 Å². The first-order valence-corrected chi connectivity index (χ1v) is 8.61. The lowest BCUT2D eigenvalue weighted by atomic mass is 10.3. The highest BCUT2D eigenvalue weighted by Crippen LogP contribution is 2.16. The maximum Gasteiger partial charge on any atom is 0.227 e. The molecule has 0 aromatic carbocycles. The summed E-state index contributed by atoms with van der Waals surface area (Å²) in [6.45, 7) is 8.99. The van der Waals surface area contributed by atoms with Gasteiger partial charge in [-0.15, -0.1) is 10.2 Å². The Morgan fingerprint density at radius 2 is 2.04 bits per heavy atom. The number of hydrogen-bond donors (Lipinski definition) is 1. The minimum Gasteiger partial charge on any atom is -0.378 e. The number of rotatable bonds is 7. The molecule has 0 spiro atoms. The molecule has 8 nitrogen and oxygen atoms in total. The molecule has 0 atom stereocenters. The van der Waals surface area contributed by atoms with Crippen molar-refractivity contribution in [3.8, 4) is 0 Å². The minimum atomic E-state index is 0.731. The number of nitrogens with zero attached hydrogens (tertiary/aromatic N) is 6. The average molecular weight is 331 g/mol. The lowest BCUT2D eigenvalue weighted by molar-refractivity contribution is 0.122. The number of hydrogen-bond acceptors (Lipinski definition) is 7. The standard InChI is InChI=1S/C16H25N7O/c1-3-13-11-14(17-6-5-15-21-18-12-22(15)4-2)20-16(19-13)23-7-9-24-10-8-23/h11-12H,3-10H2,1-2H3,(H,17,19,20). The molecule has 3 rings (SSSR count). The molecule has 0 unspecified atom stereocenters. The molecule has 1 aliphatic rings. The number of ether oxygens (including phenoxy) is 1. The zero-order valence-corrected chi connectivity index (χ0v) is 14.4. The molecule has 130 valence electrons. The topological polar surface area (TPSA) is 81.0 Å². The van der Waals surface area contributed by atoms with Crippen LogP contribution in [0.15, 0.2) is 12.4 Å². The Morgan fingerprint density at radius 1 is 1.21 bits per heavy atom. The third kappa shape index (κ3) is 4.00. The van der Waals surface area contributed by atoms with Crippen molar-refractivity contribution in [2.45, 2.75) is 33.2 Å². The summed E-state index contributed by atoms with van der Waals surface area (Å²) in [5, 5.41) is 11.5. The first-order valence-electron chi connectivity index (χ1n) is 8.61. The van der Waals surface area contributed by atoms with Crippen LogP contribution in [0.2, 0.25) is 0 Å². The fourth-order valence-electron chi connectivity index (χ4n) is 2.70. The van der Waals surface area contributed by atoms with Crippen LogP contribution in [0.5, 0.6) is 0 Å². The van der Waals surface area contributed by atoms with Gasteiger partial charge < -0.3 is 19.5 Å². The van der Waals surface area contributed by atoms with Crippen LogP contribution >= 0.6 is 0 Å². The minimum absolute atomic E-state index is 0.731. The molecule has 24 heavy (non-hydrogen) atoms. The van der Waals surface area contributed by atoms with E-state index in [1.54, 1.807) is 6.33 Å². The molecular weight excluding hydrogens is 306 g/mol. The van der Waals surface area contributed by atoms with Crippen molar-refractivity contribution in [2.75, 3.05) is 43.1 Å². The molecule has 0 bridgehead atoms. The molecule has 1 fully saturated rings. The van der Waals surface area contributed by atoms with Gasteiger partial charge in [-0.25, -0.2) is 4.98 Å². The lowest BCUT2D eigenvalue weighted by Crippen LogP contribution is -2.37.